The first-order valence-electron chi connectivity index (χ1n) is 9.47. The molecule has 0 aliphatic heterocycles. The first-order valence-corrected chi connectivity index (χ1v) is 11.3. The van der Waals surface area contributed by atoms with Gasteiger partial charge in [0.1, 0.15) is 0 Å². The van der Waals surface area contributed by atoms with E-state index in [2.05, 4.69) is 47.0 Å². The second-order valence-electron chi connectivity index (χ2n) is 6.65. The molecule has 1 aromatic heterocycles. The Kier molecular flexibility index (Phi) is 6.63. The number of nitrogens with zero attached hydrogens (tertiary/aromatic N) is 3. The number of rotatable bonds is 7. The normalized spacial score (nSPS) is 11.5. The Morgan fingerprint density at radius 3 is 2.71 bits per heavy atom. The molecule has 0 unspecified atom stereocenters. The van der Waals surface area contributed by atoms with Crippen LogP contribution in [0.25, 0.3) is 10.8 Å². The van der Waals surface area contributed by atoms with Gasteiger partial charge < -0.3 is 5.32 Å². The molecule has 1 heterocycles. The largest absolute Gasteiger partial charge is 0.325 e. The molecule has 0 bridgehead atoms. The third kappa shape index (κ3) is 5.50. The zero-order chi connectivity index (χ0) is 21.6. The van der Waals surface area contributed by atoms with Gasteiger partial charge in [-0.1, -0.05) is 76.2 Å². The van der Waals surface area contributed by atoms with Gasteiger partial charge in [-0.25, -0.2) is 10.5 Å². The van der Waals surface area contributed by atoms with Gasteiger partial charge in [0.25, 0.3) is 0 Å². The highest BCUT2D eigenvalue weighted by Crippen LogP contribution is 2.23. The average Bonchev–Trinajstić information content (AvgIpc) is 3.25. The predicted octanol–water partition coefficient (Wildman–Crippen LogP) is 5.29. The van der Waals surface area contributed by atoms with E-state index in [4.69, 9.17) is 0 Å². The fraction of sp³-hybridized carbons (Fsp3) is 0.0909. The van der Waals surface area contributed by atoms with Crippen molar-refractivity contribution < 1.29 is 4.79 Å². The maximum absolute atomic E-state index is 12.4. The highest BCUT2D eigenvalue weighted by Gasteiger charge is 2.09. The Morgan fingerprint density at radius 2 is 1.87 bits per heavy atom. The van der Waals surface area contributed by atoms with E-state index in [9.17, 15) is 4.79 Å². The fourth-order valence-corrected chi connectivity index (χ4v) is 3.77. The van der Waals surface area contributed by atoms with Crippen LogP contribution in [-0.4, -0.2) is 32.6 Å². The molecule has 0 saturated heterocycles. The topological polar surface area (TPSA) is 95.1 Å². The van der Waals surface area contributed by atoms with Crippen LogP contribution in [0.4, 0.5) is 11.6 Å². The van der Waals surface area contributed by atoms with Crippen molar-refractivity contribution in [1.82, 2.24) is 15.2 Å². The van der Waals surface area contributed by atoms with Crippen LogP contribution in [0.15, 0.2) is 81.5 Å². The second-order valence-corrected chi connectivity index (χ2v) is 8.50. The van der Waals surface area contributed by atoms with Gasteiger partial charge in [-0.2, -0.15) is 10.1 Å². The summed E-state index contributed by atoms with van der Waals surface area (Å²) in [7, 11) is 0. The number of H-pyrrole nitrogens is 1. The monoisotopic (exact) mass is 494 g/mol. The molecule has 7 nitrogen and oxygen atoms in total. The number of hydrogen-bond donors (Lipinski definition) is 3. The summed E-state index contributed by atoms with van der Waals surface area (Å²) in [5.41, 5.74) is 5.46. The number of carbonyl (C=O) groups excluding carboxylic acids is 1. The summed E-state index contributed by atoms with van der Waals surface area (Å²) in [5.74, 6) is 0.486. The van der Waals surface area contributed by atoms with Gasteiger partial charge in [0.2, 0.25) is 17.0 Å². The minimum atomic E-state index is -0.121. The lowest BCUT2D eigenvalue weighted by Gasteiger charge is -2.08. The van der Waals surface area contributed by atoms with Gasteiger partial charge in [-0.3, -0.25) is 4.79 Å². The number of amides is 1. The van der Waals surface area contributed by atoms with Gasteiger partial charge in [-0.15, -0.1) is 5.10 Å². The SMILES string of the molecule is C/C(=N\Nc1nc(SCC(=O)Nc2cccc3ccccc23)n[nH]1)c1ccc(Br)cc1. The molecule has 31 heavy (non-hydrogen) atoms. The van der Waals surface area contributed by atoms with Crippen LogP contribution >= 0.6 is 27.7 Å². The van der Waals surface area contributed by atoms with Crippen molar-refractivity contribution in [2.75, 3.05) is 16.5 Å². The Labute approximate surface area is 191 Å². The zero-order valence-corrected chi connectivity index (χ0v) is 19.0. The maximum atomic E-state index is 12.4. The fourth-order valence-electron chi connectivity index (χ4n) is 2.90. The molecule has 0 atom stereocenters. The number of anilines is 2. The van der Waals surface area contributed by atoms with Gasteiger partial charge in [-0.05, 0) is 36.1 Å². The molecule has 0 saturated carbocycles. The molecule has 3 aromatic carbocycles. The van der Waals surface area contributed by atoms with E-state index < -0.39 is 0 Å². The van der Waals surface area contributed by atoms with Crippen LogP contribution in [-0.2, 0) is 4.79 Å². The number of benzene rings is 3. The van der Waals surface area contributed by atoms with Crippen molar-refractivity contribution >= 4 is 61.7 Å². The number of halogens is 1. The van der Waals surface area contributed by atoms with Crippen molar-refractivity contribution in [1.29, 1.82) is 0 Å². The quantitative estimate of drug-likeness (QED) is 0.184. The van der Waals surface area contributed by atoms with Crippen LogP contribution in [0.1, 0.15) is 12.5 Å². The van der Waals surface area contributed by atoms with E-state index in [0.29, 0.717) is 11.1 Å². The molecule has 0 radical (unpaired) electrons. The minimum absolute atomic E-state index is 0.121. The number of thioether (sulfide) groups is 1. The number of hydrogen-bond acceptors (Lipinski definition) is 6. The number of hydrazone groups is 1. The summed E-state index contributed by atoms with van der Waals surface area (Å²) >= 11 is 4.66. The number of fused-ring (bicyclic) bond motifs is 1. The second kappa shape index (κ2) is 9.76. The predicted molar refractivity (Wildman–Crippen MR) is 130 cm³/mol. The lowest BCUT2D eigenvalue weighted by molar-refractivity contribution is -0.113. The Balaban J connectivity index is 1.32. The van der Waals surface area contributed by atoms with E-state index >= 15 is 0 Å². The van der Waals surface area contributed by atoms with Crippen LogP contribution in [0, 0.1) is 0 Å². The number of aromatic amines is 1. The van der Waals surface area contributed by atoms with E-state index in [-0.39, 0.29) is 11.7 Å². The van der Waals surface area contributed by atoms with Crippen LogP contribution < -0.4 is 10.7 Å². The number of nitrogens with one attached hydrogen (secondary N) is 3. The summed E-state index contributed by atoms with van der Waals surface area (Å²) in [4.78, 5) is 16.7. The molecule has 4 rings (SSSR count). The van der Waals surface area contributed by atoms with Crippen molar-refractivity contribution in [3.8, 4) is 0 Å². The van der Waals surface area contributed by atoms with E-state index in [1.54, 1.807) is 0 Å². The molecule has 0 spiro atoms. The molecule has 156 valence electrons. The minimum Gasteiger partial charge on any atom is -0.325 e. The smallest absolute Gasteiger partial charge is 0.240 e. The van der Waals surface area contributed by atoms with Crippen molar-refractivity contribution in [2.45, 2.75) is 12.1 Å². The van der Waals surface area contributed by atoms with Crippen molar-refractivity contribution in [3.05, 3.63) is 76.8 Å². The van der Waals surface area contributed by atoms with Crippen LogP contribution in [0.2, 0.25) is 0 Å². The molecule has 0 fully saturated rings. The first-order chi connectivity index (χ1) is 15.1. The number of aromatic nitrogens is 3. The maximum Gasteiger partial charge on any atom is 0.240 e. The van der Waals surface area contributed by atoms with Gasteiger partial charge in [0, 0.05) is 15.5 Å². The third-order valence-electron chi connectivity index (χ3n) is 4.45. The van der Waals surface area contributed by atoms with E-state index in [0.717, 1.165) is 32.2 Å². The standard InChI is InChI=1S/C22H19BrN6OS/c1-14(15-9-11-17(23)12-10-15)26-27-21-25-22(29-28-21)31-13-20(30)24-19-8-4-6-16-5-2-3-7-18(16)19/h2-12H,13H2,1H3,(H,24,30)(H2,25,27,28,29)/b26-14+. The van der Waals surface area contributed by atoms with Gasteiger partial charge in [0.15, 0.2) is 0 Å². The number of carbonyl (C=O) groups is 1. The Morgan fingerprint density at radius 1 is 1.10 bits per heavy atom. The summed E-state index contributed by atoms with van der Waals surface area (Å²) in [6.07, 6.45) is 0. The summed E-state index contributed by atoms with van der Waals surface area (Å²) < 4.78 is 1.01. The summed E-state index contributed by atoms with van der Waals surface area (Å²) in [6, 6.07) is 21.6. The van der Waals surface area contributed by atoms with Crippen LogP contribution in [0.3, 0.4) is 0 Å². The highest BCUT2D eigenvalue weighted by molar-refractivity contribution is 9.10. The lowest BCUT2D eigenvalue weighted by atomic mass is 10.1. The Hall–Kier alpha value is -3.17. The summed E-state index contributed by atoms with van der Waals surface area (Å²) in [5, 5.41) is 16.7. The summed E-state index contributed by atoms with van der Waals surface area (Å²) in [6.45, 7) is 1.90. The lowest BCUT2D eigenvalue weighted by Crippen LogP contribution is -2.14. The molecule has 3 N–H and O–H groups in total. The zero-order valence-electron chi connectivity index (χ0n) is 16.6. The molecular formula is C22H19BrN6OS. The molecule has 4 aromatic rings. The van der Waals surface area contributed by atoms with Gasteiger partial charge in [0.05, 0.1) is 11.5 Å². The highest BCUT2D eigenvalue weighted by atomic mass is 79.9. The van der Waals surface area contributed by atoms with Crippen LogP contribution in [0.5, 0.6) is 0 Å². The first kappa shape index (κ1) is 21.1. The molecule has 0 aliphatic rings. The third-order valence-corrected chi connectivity index (χ3v) is 5.83. The molecule has 0 aliphatic carbocycles. The molecular weight excluding hydrogens is 476 g/mol. The Bertz CT molecular complexity index is 1230. The van der Waals surface area contributed by atoms with Gasteiger partial charge >= 0.3 is 0 Å². The molecule has 9 heteroatoms. The van der Waals surface area contributed by atoms with E-state index in [1.807, 2.05) is 73.7 Å². The average molecular weight is 495 g/mol. The van der Waals surface area contributed by atoms with Crippen molar-refractivity contribution in [2.24, 2.45) is 5.10 Å². The van der Waals surface area contributed by atoms with E-state index in [1.165, 1.54) is 11.8 Å². The molecule has 1 amide bonds. The van der Waals surface area contributed by atoms with Crippen molar-refractivity contribution in [3.63, 3.8) is 0 Å².